The molecule has 29 heavy (non-hydrogen) atoms. The third-order valence-corrected chi connectivity index (χ3v) is 4.59. The monoisotopic (exact) mass is 390 g/mol. The Balaban J connectivity index is 1.57. The van der Waals surface area contributed by atoms with Crippen LogP contribution in [0.2, 0.25) is 0 Å². The Labute approximate surface area is 166 Å². The van der Waals surface area contributed by atoms with Gasteiger partial charge >= 0.3 is 6.09 Å². The van der Waals surface area contributed by atoms with Crippen LogP contribution in [0.25, 0.3) is 5.69 Å². The van der Waals surface area contributed by atoms with Crippen molar-refractivity contribution in [2.24, 2.45) is 0 Å². The second-order valence-electron chi connectivity index (χ2n) is 6.50. The maximum atomic E-state index is 12.9. The average molecular weight is 390 g/mol. The van der Waals surface area contributed by atoms with Crippen LogP contribution in [0.5, 0.6) is 0 Å². The topological polar surface area (TPSA) is 93.5 Å². The maximum absolute atomic E-state index is 12.9. The molecule has 1 aromatic heterocycles. The van der Waals surface area contributed by atoms with Gasteiger partial charge in [-0.1, -0.05) is 36.4 Å². The van der Waals surface area contributed by atoms with Crippen LogP contribution in [-0.2, 0) is 9.53 Å². The summed E-state index contributed by atoms with van der Waals surface area (Å²) in [5, 5.41) is 7.09. The predicted octanol–water partition coefficient (Wildman–Crippen LogP) is 2.32. The summed E-state index contributed by atoms with van der Waals surface area (Å²) in [6.07, 6.45) is 2.74. The molecule has 3 amide bonds. The standard InChI is InChI=1S/C21H18N4O4/c26-19-14-29-21(28)24(19)13-18(15-6-2-1-3-7-15)23-20(27)16-8-4-9-17(12-16)25-11-5-10-22-25/h1-12,18H,13-14H2,(H,23,27). The first-order valence-corrected chi connectivity index (χ1v) is 9.05. The lowest BCUT2D eigenvalue weighted by Gasteiger charge is -2.23. The van der Waals surface area contributed by atoms with E-state index in [-0.39, 0.29) is 19.1 Å². The molecule has 8 heteroatoms. The van der Waals surface area contributed by atoms with Crippen molar-refractivity contribution in [2.75, 3.05) is 13.2 Å². The largest absolute Gasteiger partial charge is 0.439 e. The van der Waals surface area contributed by atoms with Gasteiger partial charge in [0.05, 0.1) is 18.3 Å². The SMILES string of the molecule is O=C(NC(CN1C(=O)COC1=O)c1ccccc1)c1cccc(-n2cccn2)c1. The number of hydrogen-bond donors (Lipinski definition) is 1. The molecule has 2 aromatic carbocycles. The number of carbonyl (C=O) groups excluding carboxylic acids is 3. The fraction of sp³-hybridized carbons (Fsp3) is 0.143. The smallest absolute Gasteiger partial charge is 0.417 e. The van der Waals surface area contributed by atoms with Crippen LogP contribution in [0.15, 0.2) is 73.1 Å². The summed E-state index contributed by atoms with van der Waals surface area (Å²) >= 11 is 0. The third kappa shape index (κ3) is 4.01. The van der Waals surface area contributed by atoms with E-state index in [4.69, 9.17) is 4.74 Å². The lowest BCUT2D eigenvalue weighted by atomic mass is 10.1. The van der Waals surface area contributed by atoms with Gasteiger partial charge in [-0.3, -0.25) is 9.59 Å². The van der Waals surface area contributed by atoms with Gasteiger partial charge in [0.1, 0.15) is 0 Å². The number of cyclic esters (lactones) is 1. The Morgan fingerprint density at radius 1 is 1.10 bits per heavy atom. The normalized spacial score (nSPS) is 14.6. The van der Waals surface area contributed by atoms with Crippen molar-refractivity contribution in [3.05, 3.63) is 84.2 Å². The summed E-state index contributed by atoms with van der Waals surface area (Å²) in [5.74, 6) is -0.751. The van der Waals surface area contributed by atoms with Crippen molar-refractivity contribution < 1.29 is 19.1 Å². The van der Waals surface area contributed by atoms with E-state index in [1.54, 1.807) is 41.3 Å². The summed E-state index contributed by atoms with van der Waals surface area (Å²) in [7, 11) is 0. The summed E-state index contributed by atoms with van der Waals surface area (Å²) in [4.78, 5) is 37.7. The highest BCUT2D eigenvalue weighted by molar-refractivity contribution is 5.98. The minimum absolute atomic E-state index is 0.00767. The molecule has 146 valence electrons. The summed E-state index contributed by atoms with van der Waals surface area (Å²) < 4.78 is 6.43. The van der Waals surface area contributed by atoms with Crippen molar-refractivity contribution >= 4 is 17.9 Å². The van der Waals surface area contributed by atoms with Gasteiger partial charge in [-0.15, -0.1) is 0 Å². The molecule has 1 N–H and O–H groups in total. The highest BCUT2D eigenvalue weighted by atomic mass is 16.6. The van der Waals surface area contributed by atoms with Crippen LogP contribution >= 0.6 is 0 Å². The lowest BCUT2D eigenvalue weighted by molar-refractivity contribution is -0.126. The zero-order chi connectivity index (χ0) is 20.2. The van der Waals surface area contributed by atoms with Crippen molar-refractivity contribution in [3.63, 3.8) is 0 Å². The van der Waals surface area contributed by atoms with Crippen molar-refractivity contribution in [1.29, 1.82) is 0 Å². The Hall–Kier alpha value is -3.94. The Morgan fingerprint density at radius 3 is 2.62 bits per heavy atom. The van der Waals surface area contributed by atoms with Crippen LogP contribution in [0.4, 0.5) is 4.79 Å². The molecule has 3 aromatic rings. The fourth-order valence-corrected chi connectivity index (χ4v) is 3.11. The molecular weight excluding hydrogens is 372 g/mol. The zero-order valence-electron chi connectivity index (χ0n) is 15.4. The van der Waals surface area contributed by atoms with Crippen molar-refractivity contribution in [1.82, 2.24) is 20.0 Å². The van der Waals surface area contributed by atoms with Crippen molar-refractivity contribution in [3.8, 4) is 5.69 Å². The Morgan fingerprint density at radius 2 is 1.93 bits per heavy atom. The van der Waals surface area contributed by atoms with Gasteiger partial charge in [0.15, 0.2) is 6.61 Å². The Bertz CT molecular complexity index is 1020. The van der Waals surface area contributed by atoms with Gasteiger partial charge in [-0.25, -0.2) is 14.4 Å². The van der Waals surface area contributed by atoms with Gasteiger partial charge in [-0.2, -0.15) is 5.10 Å². The van der Waals surface area contributed by atoms with E-state index in [2.05, 4.69) is 10.4 Å². The van der Waals surface area contributed by atoms with Gasteiger partial charge in [-0.05, 0) is 29.8 Å². The molecule has 0 radical (unpaired) electrons. The molecule has 1 saturated heterocycles. The number of amides is 3. The highest BCUT2D eigenvalue weighted by Gasteiger charge is 2.33. The first-order valence-electron chi connectivity index (χ1n) is 9.05. The minimum atomic E-state index is -0.703. The number of imide groups is 1. The van der Waals surface area contributed by atoms with E-state index in [1.807, 2.05) is 36.4 Å². The van der Waals surface area contributed by atoms with E-state index in [9.17, 15) is 14.4 Å². The van der Waals surface area contributed by atoms with E-state index in [0.717, 1.165) is 16.2 Å². The molecule has 1 aliphatic rings. The summed E-state index contributed by atoms with van der Waals surface area (Å²) in [6, 6.07) is 17.4. The van der Waals surface area contributed by atoms with Crippen molar-refractivity contribution in [2.45, 2.75) is 6.04 Å². The molecule has 2 heterocycles. The number of benzene rings is 2. The molecule has 1 atom stereocenters. The van der Waals surface area contributed by atoms with Crippen LogP contribution in [-0.4, -0.2) is 45.7 Å². The maximum Gasteiger partial charge on any atom is 0.417 e. The molecule has 1 unspecified atom stereocenters. The molecule has 0 saturated carbocycles. The van der Waals surface area contributed by atoms with Gasteiger partial charge < -0.3 is 10.1 Å². The number of ether oxygens (including phenoxy) is 1. The Kier molecular flexibility index (Phi) is 5.07. The van der Waals surface area contributed by atoms with Crippen LogP contribution < -0.4 is 5.32 Å². The average Bonchev–Trinajstić information content (AvgIpc) is 3.40. The second-order valence-corrected chi connectivity index (χ2v) is 6.50. The molecule has 1 fully saturated rings. The summed E-state index contributed by atoms with van der Waals surface area (Å²) in [5.41, 5.74) is 1.96. The molecular formula is C21H18N4O4. The number of rotatable bonds is 6. The molecule has 8 nitrogen and oxygen atoms in total. The van der Waals surface area contributed by atoms with Gasteiger partial charge in [0.25, 0.3) is 11.8 Å². The summed E-state index contributed by atoms with van der Waals surface area (Å²) in [6.45, 7) is -0.285. The first-order chi connectivity index (χ1) is 14.1. The first kappa shape index (κ1) is 18.4. The fourth-order valence-electron chi connectivity index (χ4n) is 3.11. The number of nitrogens with one attached hydrogen (secondary N) is 1. The number of nitrogens with zero attached hydrogens (tertiary/aromatic N) is 3. The molecule has 0 bridgehead atoms. The van der Waals surface area contributed by atoms with E-state index in [0.29, 0.717) is 5.56 Å². The van der Waals surface area contributed by atoms with E-state index in [1.165, 1.54) is 0 Å². The van der Waals surface area contributed by atoms with Crippen LogP contribution in [0, 0.1) is 0 Å². The van der Waals surface area contributed by atoms with Crippen LogP contribution in [0.3, 0.4) is 0 Å². The number of aromatic nitrogens is 2. The quantitative estimate of drug-likeness (QED) is 0.697. The number of carbonyl (C=O) groups is 3. The molecule has 1 aliphatic heterocycles. The second kappa shape index (κ2) is 7.97. The van der Waals surface area contributed by atoms with Crippen LogP contribution in [0.1, 0.15) is 22.0 Å². The predicted molar refractivity (Wildman–Crippen MR) is 103 cm³/mol. The van der Waals surface area contributed by atoms with E-state index < -0.39 is 18.0 Å². The number of hydrogen-bond acceptors (Lipinski definition) is 5. The zero-order valence-corrected chi connectivity index (χ0v) is 15.4. The molecule has 4 rings (SSSR count). The van der Waals surface area contributed by atoms with Gasteiger partial charge in [0.2, 0.25) is 0 Å². The molecule has 0 aliphatic carbocycles. The highest BCUT2D eigenvalue weighted by Crippen LogP contribution is 2.19. The van der Waals surface area contributed by atoms with Gasteiger partial charge in [0, 0.05) is 18.0 Å². The minimum Gasteiger partial charge on any atom is -0.439 e. The molecule has 0 spiro atoms. The van der Waals surface area contributed by atoms with E-state index >= 15 is 0 Å². The lowest BCUT2D eigenvalue weighted by Crippen LogP contribution is -2.40. The third-order valence-electron chi connectivity index (χ3n) is 4.59.